The molecular formula is C20H32N2. The van der Waals surface area contributed by atoms with Gasteiger partial charge in [-0.2, -0.15) is 0 Å². The molecule has 0 amide bonds. The Morgan fingerprint density at radius 2 is 1.64 bits per heavy atom. The van der Waals surface area contributed by atoms with Crippen LogP contribution in [0.15, 0.2) is 18.2 Å². The number of anilines is 1. The van der Waals surface area contributed by atoms with Gasteiger partial charge in [-0.3, -0.25) is 0 Å². The van der Waals surface area contributed by atoms with E-state index in [1.807, 2.05) is 0 Å². The second-order valence-electron chi connectivity index (χ2n) is 7.63. The van der Waals surface area contributed by atoms with E-state index >= 15 is 0 Å². The highest BCUT2D eigenvalue weighted by Crippen LogP contribution is 2.28. The Balaban J connectivity index is 1.51. The number of hydrogen-bond acceptors (Lipinski definition) is 2. The van der Waals surface area contributed by atoms with Gasteiger partial charge in [-0.1, -0.05) is 19.1 Å². The van der Waals surface area contributed by atoms with Crippen LogP contribution in [0.4, 0.5) is 5.69 Å². The molecule has 1 aromatic carbocycles. The van der Waals surface area contributed by atoms with Crippen molar-refractivity contribution in [3.8, 4) is 0 Å². The number of rotatable bonds is 3. The summed E-state index contributed by atoms with van der Waals surface area (Å²) in [6, 6.07) is 6.73. The zero-order valence-electron chi connectivity index (χ0n) is 14.6. The van der Waals surface area contributed by atoms with Crippen molar-refractivity contribution in [1.82, 2.24) is 4.90 Å². The lowest BCUT2D eigenvalue weighted by atomic mass is 9.93. The van der Waals surface area contributed by atoms with E-state index in [1.54, 1.807) is 0 Å². The Morgan fingerprint density at radius 3 is 2.32 bits per heavy atom. The molecule has 2 fully saturated rings. The molecule has 0 bridgehead atoms. The maximum absolute atomic E-state index is 2.72. The maximum Gasteiger partial charge on any atom is 0.0398 e. The molecule has 0 radical (unpaired) electrons. The van der Waals surface area contributed by atoms with Gasteiger partial charge in [0.25, 0.3) is 0 Å². The Bertz CT molecular complexity index is 480. The second-order valence-corrected chi connectivity index (χ2v) is 7.63. The van der Waals surface area contributed by atoms with Gasteiger partial charge in [0.15, 0.2) is 0 Å². The molecule has 2 heterocycles. The van der Waals surface area contributed by atoms with E-state index in [2.05, 4.69) is 48.8 Å². The molecule has 2 nitrogen and oxygen atoms in total. The summed E-state index contributed by atoms with van der Waals surface area (Å²) in [6.07, 6.45) is 5.53. The molecule has 2 aliphatic heterocycles. The van der Waals surface area contributed by atoms with E-state index in [4.69, 9.17) is 0 Å². The third-order valence-corrected chi connectivity index (χ3v) is 5.92. The zero-order chi connectivity index (χ0) is 15.5. The molecule has 22 heavy (non-hydrogen) atoms. The molecule has 0 unspecified atom stereocenters. The van der Waals surface area contributed by atoms with Crippen molar-refractivity contribution in [2.75, 3.05) is 37.6 Å². The van der Waals surface area contributed by atoms with Crippen LogP contribution in [0.2, 0.25) is 0 Å². The Morgan fingerprint density at radius 1 is 0.955 bits per heavy atom. The predicted molar refractivity (Wildman–Crippen MR) is 95.7 cm³/mol. The van der Waals surface area contributed by atoms with E-state index in [9.17, 15) is 0 Å². The number of hydrogen-bond donors (Lipinski definition) is 0. The molecule has 0 spiro atoms. The van der Waals surface area contributed by atoms with Crippen LogP contribution in [0.25, 0.3) is 0 Å². The van der Waals surface area contributed by atoms with E-state index < -0.39 is 0 Å². The van der Waals surface area contributed by atoms with Crippen LogP contribution in [-0.2, 0) is 0 Å². The summed E-state index contributed by atoms with van der Waals surface area (Å²) in [4.78, 5) is 5.33. The highest BCUT2D eigenvalue weighted by molar-refractivity contribution is 5.56. The van der Waals surface area contributed by atoms with Gasteiger partial charge < -0.3 is 9.80 Å². The first-order chi connectivity index (χ1) is 10.6. The summed E-state index contributed by atoms with van der Waals surface area (Å²) < 4.78 is 0. The van der Waals surface area contributed by atoms with Crippen molar-refractivity contribution in [2.45, 2.75) is 46.5 Å². The van der Waals surface area contributed by atoms with Crippen LogP contribution >= 0.6 is 0 Å². The molecule has 2 aliphatic rings. The SMILES string of the molecule is Cc1cccc(N2CCC(CN3CCC(C)CC3)CC2)c1C. The molecular weight excluding hydrogens is 268 g/mol. The van der Waals surface area contributed by atoms with Gasteiger partial charge >= 0.3 is 0 Å². The van der Waals surface area contributed by atoms with Gasteiger partial charge in [0.05, 0.1) is 0 Å². The zero-order valence-corrected chi connectivity index (χ0v) is 14.6. The monoisotopic (exact) mass is 300 g/mol. The first-order valence-corrected chi connectivity index (χ1v) is 9.17. The van der Waals surface area contributed by atoms with Gasteiger partial charge in [0.2, 0.25) is 0 Å². The lowest BCUT2D eigenvalue weighted by Gasteiger charge is -2.38. The molecule has 0 aliphatic carbocycles. The average molecular weight is 300 g/mol. The van der Waals surface area contributed by atoms with Gasteiger partial charge in [0.1, 0.15) is 0 Å². The Labute approximate surface area is 136 Å². The molecule has 0 aromatic heterocycles. The number of likely N-dealkylation sites (tertiary alicyclic amines) is 1. The third-order valence-electron chi connectivity index (χ3n) is 5.92. The highest BCUT2D eigenvalue weighted by atomic mass is 15.2. The van der Waals surface area contributed by atoms with Crippen LogP contribution in [0.3, 0.4) is 0 Å². The Hall–Kier alpha value is -1.02. The smallest absolute Gasteiger partial charge is 0.0398 e. The van der Waals surface area contributed by atoms with E-state index in [1.165, 1.54) is 75.2 Å². The number of piperidine rings is 2. The number of aryl methyl sites for hydroxylation is 1. The third kappa shape index (κ3) is 3.65. The summed E-state index contributed by atoms with van der Waals surface area (Å²) in [5, 5.41) is 0. The number of nitrogens with zero attached hydrogens (tertiary/aromatic N) is 2. The minimum Gasteiger partial charge on any atom is -0.371 e. The first kappa shape index (κ1) is 15.9. The fourth-order valence-corrected chi connectivity index (χ4v) is 4.04. The fourth-order valence-electron chi connectivity index (χ4n) is 4.04. The molecule has 2 heteroatoms. The maximum atomic E-state index is 2.72. The van der Waals surface area contributed by atoms with Crippen molar-refractivity contribution in [3.63, 3.8) is 0 Å². The van der Waals surface area contributed by atoms with Gasteiger partial charge in [-0.05, 0) is 81.6 Å². The fraction of sp³-hybridized carbons (Fsp3) is 0.700. The minimum atomic E-state index is 0.912. The van der Waals surface area contributed by atoms with Crippen LogP contribution in [0.1, 0.15) is 43.7 Å². The van der Waals surface area contributed by atoms with E-state index in [0.717, 1.165) is 11.8 Å². The van der Waals surface area contributed by atoms with Crippen molar-refractivity contribution >= 4 is 5.69 Å². The summed E-state index contributed by atoms with van der Waals surface area (Å²) >= 11 is 0. The quantitative estimate of drug-likeness (QED) is 0.823. The molecule has 0 atom stereocenters. The van der Waals surface area contributed by atoms with Crippen LogP contribution < -0.4 is 4.90 Å². The summed E-state index contributed by atoms with van der Waals surface area (Å²) in [5.41, 5.74) is 4.35. The standard InChI is InChI=1S/C20H32N2/c1-16-7-11-21(12-8-16)15-19-9-13-22(14-10-19)20-6-4-5-17(2)18(20)3/h4-6,16,19H,7-15H2,1-3H3. The molecule has 1 aromatic rings. The van der Waals surface area contributed by atoms with Crippen molar-refractivity contribution < 1.29 is 0 Å². The van der Waals surface area contributed by atoms with E-state index in [0.29, 0.717) is 0 Å². The van der Waals surface area contributed by atoms with Crippen molar-refractivity contribution in [3.05, 3.63) is 29.3 Å². The largest absolute Gasteiger partial charge is 0.371 e. The molecule has 3 rings (SSSR count). The lowest BCUT2D eigenvalue weighted by molar-refractivity contribution is 0.157. The highest BCUT2D eigenvalue weighted by Gasteiger charge is 2.24. The van der Waals surface area contributed by atoms with Crippen molar-refractivity contribution in [1.29, 1.82) is 0 Å². The lowest BCUT2D eigenvalue weighted by Crippen LogP contribution is -2.41. The van der Waals surface area contributed by atoms with Gasteiger partial charge in [-0.25, -0.2) is 0 Å². The number of benzene rings is 1. The Kier molecular flexibility index (Phi) is 5.07. The van der Waals surface area contributed by atoms with Gasteiger partial charge in [-0.15, -0.1) is 0 Å². The van der Waals surface area contributed by atoms with Gasteiger partial charge in [0, 0.05) is 25.3 Å². The predicted octanol–water partition coefficient (Wildman–Crippen LogP) is 4.25. The first-order valence-electron chi connectivity index (χ1n) is 9.17. The molecule has 0 N–H and O–H groups in total. The van der Waals surface area contributed by atoms with Crippen LogP contribution in [-0.4, -0.2) is 37.6 Å². The molecule has 2 saturated heterocycles. The topological polar surface area (TPSA) is 6.48 Å². The normalized spacial score (nSPS) is 22.2. The van der Waals surface area contributed by atoms with Crippen LogP contribution in [0, 0.1) is 25.7 Å². The molecule has 0 saturated carbocycles. The van der Waals surface area contributed by atoms with Crippen LogP contribution in [0.5, 0.6) is 0 Å². The molecule has 122 valence electrons. The summed E-state index contributed by atoms with van der Waals surface area (Å²) in [5.74, 6) is 1.86. The minimum absolute atomic E-state index is 0.912. The summed E-state index contributed by atoms with van der Waals surface area (Å²) in [7, 11) is 0. The van der Waals surface area contributed by atoms with Crippen molar-refractivity contribution in [2.24, 2.45) is 11.8 Å². The average Bonchev–Trinajstić information content (AvgIpc) is 2.53. The van der Waals surface area contributed by atoms with E-state index in [-0.39, 0.29) is 0 Å². The summed E-state index contributed by atoms with van der Waals surface area (Å²) in [6.45, 7) is 13.4. The second kappa shape index (κ2) is 7.04.